The maximum absolute atomic E-state index is 5.38. The van der Waals surface area contributed by atoms with Crippen LogP contribution in [-0.2, 0) is 0 Å². The van der Waals surface area contributed by atoms with E-state index >= 15 is 0 Å². The predicted octanol–water partition coefficient (Wildman–Crippen LogP) is 1.72. The smallest absolute Gasteiger partial charge is 0.195 e. The monoisotopic (exact) mass is 226 g/mol. The molecule has 15 heavy (non-hydrogen) atoms. The molecule has 1 saturated heterocycles. The summed E-state index contributed by atoms with van der Waals surface area (Å²) in [7, 11) is 0. The van der Waals surface area contributed by atoms with Gasteiger partial charge in [-0.15, -0.1) is 0 Å². The molecule has 0 aliphatic carbocycles. The van der Waals surface area contributed by atoms with E-state index in [0.717, 1.165) is 37.8 Å². The van der Waals surface area contributed by atoms with Crippen LogP contribution in [0.2, 0.25) is 0 Å². The molecule has 0 aromatic carbocycles. The summed E-state index contributed by atoms with van der Waals surface area (Å²) in [5.74, 6) is 1.99. The third-order valence-corrected chi connectivity index (χ3v) is 3.14. The number of nitrogens with zero attached hydrogens (tertiary/aromatic N) is 2. The molecule has 1 aromatic heterocycles. The van der Waals surface area contributed by atoms with Crippen LogP contribution in [0.4, 0.5) is 5.88 Å². The highest BCUT2D eigenvalue weighted by molar-refractivity contribution is 7.80. The van der Waals surface area contributed by atoms with E-state index in [1.165, 1.54) is 13.0 Å². The van der Waals surface area contributed by atoms with Gasteiger partial charge in [-0.05, 0) is 24.8 Å². The Morgan fingerprint density at radius 2 is 2.07 bits per heavy atom. The first-order valence-corrected chi connectivity index (χ1v) is 6.15. The third-order valence-electron chi connectivity index (χ3n) is 2.82. The molecule has 0 bridgehead atoms. The van der Waals surface area contributed by atoms with Crippen molar-refractivity contribution in [2.24, 2.45) is 0 Å². The molecular formula is C11H18N2OS. The van der Waals surface area contributed by atoms with Gasteiger partial charge in [-0.25, -0.2) is 0 Å². The molecule has 3 nitrogen and oxygen atoms in total. The highest BCUT2D eigenvalue weighted by Crippen LogP contribution is 2.16. The van der Waals surface area contributed by atoms with Crippen LogP contribution in [0.5, 0.6) is 0 Å². The first-order chi connectivity index (χ1) is 7.40. The maximum Gasteiger partial charge on any atom is 0.195 e. The number of hydrogen-bond acceptors (Lipinski definition) is 4. The Morgan fingerprint density at radius 1 is 1.27 bits per heavy atom. The van der Waals surface area contributed by atoms with Gasteiger partial charge in [0.05, 0.1) is 6.26 Å². The molecule has 84 valence electrons. The molecule has 0 unspecified atom stereocenters. The second-order valence-corrected chi connectivity index (χ2v) is 4.30. The summed E-state index contributed by atoms with van der Waals surface area (Å²) >= 11 is 4.23. The molecule has 0 N–H and O–H groups in total. The molecule has 0 radical (unpaired) electrons. The molecule has 4 heteroatoms. The highest BCUT2D eigenvalue weighted by Gasteiger charge is 2.17. The Morgan fingerprint density at radius 3 is 2.67 bits per heavy atom. The minimum absolute atomic E-state index is 0.985. The van der Waals surface area contributed by atoms with Crippen molar-refractivity contribution in [3.63, 3.8) is 0 Å². The van der Waals surface area contributed by atoms with Gasteiger partial charge in [0.25, 0.3) is 0 Å². The normalized spacial score (nSPS) is 18.3. The molecular weight excluding hydrogens is 208 g/mol. The summed E-state index contributed by atoms with van der Waals surface area (Å²) in [4.78, 5) is 4.80. The quantitative estimate of drug-likeness (QED) is 0.789. The molecule has 1 aliphatic rings. The average Bonchev–Trinajstić information content (AvgIpc) is 2.80. The summed E-state index contributed by atoms with van der Waals surface area (Å²) in [6, 6.07) is 3.98. The zero-order valence-corrected chi connectivity index (χ0v) is 9.83. The topological polar surface area (TPSA) is 19.6 Å². The summed E-state index contributed by atoms with van der Waals surface area (Å²) < 4.78 is 5.38. The first kappa shape index (κ1) is 10.9. The zero-order chi connectivity index (χ0) is 10.5. The van der Waals surface area contributed by atoms with Crippen LogP contribution in [0.1, 0.15) is 6.42 Å². The summed E-state index contributed by atoms with van der Waals surface area (Å²) in [5, 5.41) is 0. The molecule has 1 fully saturated rings. The van der Waals surface area contributed by atoms with Crippen LogP contribution in [0, 0.1) is 0 Å². The fourth-order valence-electron chi connectivity index (χ4n) is 1.94. The largest absolute Gasteiger partial charge is 0.449 e. The Labute approximate surface area is 96.4 Å². The maximum atomic E-state index is 5.38. The lowest BCUT2D eigenvalue weighted by molar-refractivity contribution is 0.255. The van der Waals surface area contributed by atoms with Gasteiger partial charge in [0.15, 0.2) is 5.88 Å². The standard InChI is InChI=1S/C11H18N2OS/c15-10-2-4-12-5-7-13(8-6-12)11-3-1-9-14-11/h1,3,9,15H,2,4-8,10H2. The zero-order valence-electron chi connectivity index (χ0n) is 8.93. The summed E-state index contributed by atoms with van der Waals surface area (Å²) in [5.41, 5.74) is 0. The van der Waals surface area contributed by atoms with Crippen LogP contribution < -0.4 is 4.90 Å². The van der Waals surface area contributed by atoms with E-state index < -0.39 is 0 Å². The van der Waals surface area contributed by atoms with Gasteiger partial charge in [0, 0.05) is 32.2 Å². The van der Waals surface area contributed by atoms with Gasteiger partial charge in [-0.3, -0.25) is 4.90 Å². The predicted molar refractivity (Wildman–Crippen MR) is 65.8 cm³/mol. The van der Waals surface area contributed by atoms with Crippen molar-refractivity contribution in [1.82, 2.24) is 4.90 Å². The number of piperazine rings is 1. The van der Waals surface area contributed by atoms with Crippen LogP contribution in [0.3, 0.4) is 0 Å². The minimum Gasteiger partial charge on any atom is -0.449 e. The summed E-state index contributed by atoms with van der Waals surface area (Å²) in [6.07, 6.45) is 2.92. The first-order valence-electron chi connectivity index (χ1n) is 5.52. The van der Waals surface area contributed by atoms with Gasteiger partial charge >= 0.3 is 0 Å². The Balaban J connectivity index is 1.77. The van der Waals surface area contributed by atoms with E-state index in [2.05, 4.69) is 22.4 Å². The number of hydrogen-bond donors (Lipinski definition) is 1. The SMILES string of the molecule is SCCCN1CCN(c2ccco2)CC1. The van der Waals surface area contributed by atoms with Crippen LogP contribution in [-0.4, -0.2) is 43.4 Å². The van der Waals surface area contributed by atoms with Crippen molar-refractivity contribution in [3.8, 4) is 0 Å². The highest BCUT2D eigenvalue weighted by atomic mass is 32.1. The van der Waals surface area contributed by atoms with Crippen molar-refractivity contribution in [1.29, 1.82) is 0 Å². The van der Waals surface area contributed by atoms with Crippen molar-refractivity contribution in [2.45, 2.75) is 6.42 Å². The third kappa shape index (κ3) is 2.92. The van der Waals surface area contributed by atoms with E-state index in [4.69, 9.17) is 4.42 Å². The number of anilines is 1. The van der Waals surface area contributed by atoms with Gasteiger partial charge in [-0.1, -0.05) is 0 Å². The average molecular weight is 226 g/mol. The molecule has 0 saturated carbocycles. The summed E-state index contributed by atoms with van der Waals surface area (Å²) in [6.45, 7) is 5.58. The van der Waals surface area contributed by atoms with Gasteiger partial charge < -0.3 is 9.32 Å². The van der Waals surface area contributed by atoms with E-state index in [0.29, 0.717) is 0 Å². The number of rotatable bonds is 4. The fourth-order valence-corrected chi connectivity index (χ4v) is 2.08. The molecule has 0 atom stereocenters. The van der Waals surface area contributed by atoms with Crippen molar-refractivity contribution in [2.75, 3.05) is 43.4 Å². The minimum atomic E-state index is 0.985. The number of furan rings is 1. The van der Waals surface area contributed by atoms with E-state index in [1.54, 1.807) is 6.26 Å². The second kappa shape index (κ2) is 5.47. The van der Waals surface area contributed by atoms with E-state index in [9.17, 15) is 0 Å². The lowest BCUT2D eigenvalue weighted by Gasteiger charge is -2.34. The van der Waals surface area contributed by atoms with Crippen LogP contribution in [0.25, 0.3) is 0 Å². The Bertz CT molecular complexity index is 268. The van der Waals surface area contributed by atoms with Crippen molar-refractivity contribution < 1.29 is 4.42 Å². The van der Waals surface area contributed by atoms with Crippen molar-refractivity contribution in [3.05, 3.63) is 18.4 Å². The van der Waals surface area contributed by atoms with Gasteiger partial charge in [0.1, 0.15) is 0 Å². The molecule has 1 aromatic rings. The molecule has 0 amide bonds. The Kier molecular flexibility index (Phi) is 3.97. The molecule has 2 heterocycles. The van der Waals surface area contributed by atoms with Crippen LogP contribution in [0.15, 0.2) is 22.8 Å². The molecule has 1 aliphatic heterocycles. The lowest BCUT2D eigenvalue weighted by Crippen LogP contribution is -2.46. The van der Waals surface area contributed by atoms with Crippen LogP contribution >= 0.6 is 12.6 Å². The van der Waals surface area contributed by atoms with Crippen molar-refractivity contribution >= 4 is 18.5 Å². The molecule has 2 rings (SSSR count). The van der Waals surface area contributed by atoms with E-state index in [-0.39, 0.29) is 0 Å². The Hall–Kier alpha value is -0.610. The van der Waals surface area contributed by atoms with Gasteiger partial charge in [0.2, 0.25) is 0 Å². The fraction of sp³-hybridized carbons (Fsp3) is 0.636. The number of thiol groups is 1. The lowest BCUT2D eigenvalue weighted by atomic mass is 10.3. The molecule has 0 spiro atoms. The van der Waals surface area contributed by atoms with Gasteiger partial charge in [-0.2, -0.15) is 12.6 Å². The van der Waals surface area contributed by atoms with E-state index in [1.807, 2.05) is 12.1 Å². The second-order valence-electron chi connectivity index (χ2n) is 3.86.